The lowest BCUT2D eigenvalue weighted by Crippen LogP contribution is -1.97. The van der Waals surface area contributed by atoms with Gasteiger partial charge in [0.15, 0.2) is 0 Å². The highest BCUT2D eigenvalue weighted by atomic mass is 16.6. The average molecular weight is 344 g/mol. The van der Waals surface area contributed by atoms with Gasteiger partial charge in [0.1, 0.15) is 12.4 Å². The van der Waals surface area contributed by atoms with Crippen LogP contribution in [0.15, 0.2) is 67.0 Å². The molecule has 4 rings (SSSR count). The molecule has 0 amide bonds. The van der Waals surface area contributed by atoms with Gasteiger partial charge in [-0.3, -0.25) is 15.1 Å². The molecule has 0 radical (unpaired) electrons. The first kappa shape index (κ1) is 16.0. The maximum absolute atomic E-state index is 11.2. The standard InChI is InChI=1S/C21H16N2O3/c1-14(15-5-4-6-17(11-15)23(24)25)21-18-7-2-3-8-20(18)26-13-16-9-10-22-12-19(16)21/h2-12H,13H2,1H3/b21-14+. The number of nitro benzene ring substituents is 1. The van der Waals surface area contributed by atoms with Crippen LogP contribution in [0.25, 0.3) is 11.1 Å². The van der Waals surface area contributed by atoms with E-state index in [1.807, 2.05) is 49.5 Å². The Labute approximate surface area is 150 Å². The predicted octanol–water partition coefficient (Wildman–Crippen LogP) is 4.86. The zero-order valence-corrected chi connectivity index (χ0v) is 14.2. The van der Waals surface area contributed by atoms with Crippen molar-refractivity contribution in [3.05, 3.63) is 99.4 Å². The quantitative estimate of drug-likeness (QED) is 0.492. The summed E-state index contributed by atoms with van der Waals surface area (Å²) in [6.45, 7) is 2.44. The van der Waals surface area contributed by atoms with E-state index in [0.717, 1.165) is 39.1 Å². The van der Waals surface area contributed by atoms with Crippen molar-refractivity contribution in [1.82, 2.24) is 4.98 Å². The Kier molecular flexibility index (Phi) is 3.97. The van der Waals surface area contributed by atoms with Crippen molar-refractivity contribution in [2.45, 2.75) is 13.5 Å². The molecular weight excluding hydrogens is 328 g/mol. The van der Waals surface area contributed by atoms with Crippen molar-refractivity contribution in [3.8, 4) is 5.75 Å². The van der Waals surface area contributed by atoms with Crippen LogP contribution in [0, 0.1) is 10.1 Å². The van der Waals surface area contributed by atoms with Crippen LogP contribution in [0.4, 0.5) is 5.69 Å². The highest BCUT2D eigenvalue weighted by Gasteiger charge is 2.22. The van der Waals surface area contributed by atoms with E-state index < -0.39 is 0 Å². The second kappa shape index (κ2) is 6.44. The van der Waals surface area contributed by atoms with Crippen molar-refractivity contribution < 1.29 is 9.66 Å². The van der Waals surface area contributed by atoms with Crippen LogP contribution in [0.5, 0.6) is 5.75 Å². The number of benzene rings is 2. The molecule has 0 spiro atoms. The number of allylic oxidation sites excluding steroid dienone is 1. The van der Waals surface area contributed by atoms with E-state index in [2.05, 4.69) is 4.98 Å². The Morgan fingerprint density at radius 3 is 2.81 bits per heavy atom. The van der Waals surface area contributed by atoms with Crippen LogP contribution >= 0.6 is 0 Å². The molecular formula is C21H16N2O3. The van der Waals surface area contributed by atoms with Crippen molar-refractivity contribution in [3.63, 3.8) is 0 Å². The Morgan fingerprint density at radius 2 is 1.96 bits per heavy atom. The number of nitro groups is 1. The van der Waals surface area contributed by atoms with Gasteiger partial charge in [-0.1, -0.05) is 30.3 Å². The fourth-order valence-electron chi connectivity index (χ4n) is 3.27. The number of nitrogens with zero attached hydrogens (tertiary/aromatic N) is 2. The number of ether oxygens (including phenoxy) is 1. The summed E-state index contributed by atoms with van der Waals surface area (Å²) in [5.74, 6) is 0.795. The topological polar surface area (TPSA) is 65.3 Å². The number of rotatable bonds is 2. The van der Waals surface area contributed by atoms with Crippen LogP contribution in [0.1, 0.15) is 29.2 Å². The molecule has 0 N–H and O–H groups in total. The summed E-state index contributed by atoms with van der Waals surface area (Å²) in [5.41, 5.74) is 5.80. The van der Waals surface area contributed by atoms with Gasteiger partial charge in [0.25, 0.3) is 5.69 Å². The maximum atomic E-state index is 11.2. The molecule has 1 aromatic heterocycles. The van der Waals surface area contributed by atoms with Crippen LogP contribution in [0.3, 0.4) is 0 Å². The molecule has 0 fully saturated rings. The monoisotopic (exact) mass is 344 g/mol. The zero-order chi connectivity index (χ0) is 18.1. The van der Waals surface area contributed by atoms with Crippen molar-refractivity contribution >= 4 is 16.8 Å². The van der Waals surface area contributed by atoms with E-state index in [1.54, 1.807) is 18.3 Å². The summed E-state index contributed by atoms with van der Waals surface area (Å²) < 4.78 is 5.98. The van der Waals surface area contributed by atoms with Gasteiger partial charge in [-0.2, -0.15) is 0 Å². The van der Waals surface area contributed by atoms with Crippen molar-refractivity contribution in [2.75, 3.05) is 0 Å². The fraction of sp³-hybridized carbons (Fsp3) is 0.0952. The second-order valence-corrected chi connectivity index (χ2v) is 6.13. The van der Waals surface area contributed by atoms with E-state index in [-0.39, 0.29) is 10.6 Å². The molecule has 2 aromatic carbocycles. The van der Waals surface area contributed by atoms with Gasteiger partial charge >= 0.3 is 0 Å². The smallest absolute Gasteiger partial charge is 0.270 e. The molecule has 3 aromatic rings. The summed E-state index contributed by atoms with van der Waals surface area (Å²) in [6, 6.07) is 16.5. The van der Waals surface area contributed by atoms with E-state index in [4.69, 9.17) is 4.74 Å². The molecule has 5 heteroatoms. The summed E-state index contributed by atoms with van der Waals surface area (Å²) in [6.07, 6.45) is 3.58. The Bertz CT molecular complexity index is 991. The first-order valence-corrected chi connectivity index (χ1v) is 8.26. The minimum absolute atomic E-state index is 0.0759. The lowest BCUT2D eigenvalue weighted by Gasteiger charge is -2.14. The lowest BCUT2D eigenvalue weighted by molar-refractivity contribution is -0.384. The maximum Gasteiger partial charge on any atom is 0.270 e. The van der Waals surface area contributed by atoms with Crippen LogP contribution < -0.4 is 4.74 Å². The molecule has 0 saturated heterocycles. The first-order valence-electron chi connectivity index (χ1n) is 8.26. The first-order chi connectivity index (χ1) is 12.6. The van der Waals surface area contributed by atoms with Crippen LogP contribution in [-0.2, 0) is 6.61 Å². The largest absolute Gasteiger partial charge is 0.488 e. The fourth-order valence-corrected chi connectivity index (χ4v) is 3.27. The summed E-state index contributed by atoms with van der Waals surface area (Å²) in [4.78, 5) is 15.1. The third-order valence-electron chi connectivity index (χ3n) is 4.59. The van der Waals surface area contributed by atoms with Crippen LogP contribution in [-0.4, -0.2) is 9.91 Å². The van der Waals surface area contributed by atoms with Crippen molar-refractivity contribution in [2.24, 2.45) is 0 Å². The lowest BCUT2D eigenvalue weighted by atomic mass is 9.89. The number of pyridine rings is 1. The highest BCUT2D eigenvalue weighted by Crippen LogP contribution is 2.40. The molecule has 1 aliphatic rings. The van der Waals surface area contributed by atoms with Gasteiger partial charge < -0.3 is 4.74 Å². The Balaban J connectivity index is 2.01. The second-order valence-electron chi connectivity index (χ2n) is 6.13. The average Bonchev–Trinajstić information content (AvgIpc) is 2.84. The van der Waals surface area contributed by atoms with Gasteiger partial charge in [0, 0.05) is 41.2 Å². The molecule has 0 bridgehead atoms. The van der Waals surface area contributed by atoms with E-state index in [1.165, 1.54) is 6.07 Å². The van der Waals surface area contributed by atoms with Crippen LogP contribution in [0.2, 0.25) is 0 Å². The van der Waals surface area contributed by atoms with Gasteiger partial charge in [-0.25, -0.2) is 0 Å². The van der Waals surface area contributed by atoms with Crippen molar-refractivity contribution in [1.29, 1.82) is 0 Å². The summed E-state index contributed by atoms with van der Waals surface area (Å²) in [5, 5.41) is 11.2. The number of para-hydroxylation sites is 1. The molecule has 0 unspecified atom stereocenters. The van der Waals surface area contributed by atoms with E-state index in [0.29, 0.717) is 6.61 Å². The predicted molar refractivity (Wildman–Crippen MR) is 99.7 cm³/mol. The zero-order valence-electron chi connectivity index (χ0n) is 14.2. The van der Waals surface area contributed by atoms with E-state index in [9.17, 15) is 10.1 Å². The summed E-state index contributed by atoms with van der Waals surface area (Å²) in [7, 11) is 0. The van der Waals surface area contributed by atoms with Gasteiger partial charge in [0.2, 0.25) is 0 Å². The van der Waals surface area contributed by atoms with Gasteiger partial charge in [-0.15, -0.1) is 0 Å². The third kappa shape index (κ3) is 2.73. The molecule has 0 atom stereocenters. The Morgan fingerprint density at radius 1 is 1.12 bits per heavy atom. The molecule has 128 valence electrons. The molecule has 5 nitrogen and oxygen atoms in total. The molecule has 0 saturated carbocycles. The van der Waals surface area contributed by atoms with Gasteiger partial charge in [-0.05, 0) is 35.8 Å². The highest BCUT2D eigenvalue weighted by molar-refractivity contribution is 6.00. The minimum Gasteiger partial charge on any atom is -0.488 e. The number of hydrogen-bond donors (Lipinski definition) is 0. The number of hydrogen-bond acceptors (Lipinski definition) is 4. The third-order valence-corrected chi connectivity index (χ3v) is 4.59. The van der Waals surface area contributed by atoms with Gasteiger partial charge in [0.05, 0.1) is 4.92 Å². The molecule has 2 heterocycles. The molecule has 0 aliphatic carbocycles. The minimum atomic E-state index is -0.374. The number of non-ortho nitro benzene ring substituents is 1. The SMILES string of the molecule is C/C(=C1\c2cnccc2COc2ccccc21)c1cccc([N+](=O)[O-])c1. The van der Waals surface area contributed by atoms with E-state index >= 15 is 0 Å². The number of aromatic nitrogens is 1. The normalized spacial score (nSPS) is 14.5. The summed E-state index contributed by atoms with van der Waals surface area (Å²) >= 11 is 0. The number of fused-ring (bicyclic) bond motifs is 2. The molecule has 1 aliphatic heterocycles. The Hall–Kier alpha value is -3.47. The molecule has 26 heavy (non-hydrogen) atoms.